The lowest BCUT2D eigenvalue weighted by Crippen LogP contribution is -2.33. The molecule has 1 aromatic rings. The van der Waals surface area contributed by atoms with Crippen molar-refractivity contribution >= 4 is 5.91 Å². The molecule has 0 atom stereocenters. The van der Waals surface area contributed by atoms with Crippen LogP contribution in [0.25, 0.3) is 0 Å². The molecular formula is C14H20FNO. The van der Waals surface area contributed by atoms with Gasteiger partial charge >= 0.3 is 0 Å². The molecule has 0 aliphatic rings. The van der Waals surface area contributed by atoms with E-state index in [-0.39, 0.29) is 11.5 Å². The largest absolute Gasteiger partial charge is 0.339 e. The van der Waals surface area contributed by atoms with Crippen molar-refractivity contribution in [3.8, 4) is 0 Å². The van der Waals surface area contributed by atoms with Crippen molar-refractivity contribution in [3.63, 3.8) is 0 Å². The fourth-order valence-electron chi connectivity index (χ4n) is 1.82. The van der Waals surface area contributed by atoms with Crippen LogP contribution in [0.5, 0.6) is 0 Å². The van der Waals surface area contributed by atoms with Gasteiger partial charge in [0.1, 0.15) is 5.82 Å². The van der Waals surface area contributed by atoms with Crippen molar-refractivity contribution in [1.82, 2.24) is 4.90 Å². The molecule has 2 nitrogen and oxygen atoms in total. The van der Waals surface area contributed by atoms with Gasteiger partial charge in [-0.25, -0.2) is 4.39 Å². The van der Waals surface area contributed by atoms with E-state index in [9.17, 15) is 9.18 Å². The summed E-state index contributed by atoms with van der Waals surface area (Å²) in [6.45, 7) is 7.20. The first-order valence-corrected chi connectivity index (χ1v) is 6.15. The van der Waals surface area contributed by atoms with Gasteiger partial charge in [-0.3, -0.25) is 4.79 Å². The van der Waals surface area contributed by atoms with Crippen molar-refractivity contribution in [2.45, 2.75) is 33.6 Å². The molecule has 0 radical (unpaired) electrons. The molecule has 0 saturated carbocycles. The van der Waals surface area contributed by atoms with Crippen LogP contribution in [0.1, 0.15) is 42.6 Å². The maximum Gasteiger partial charge on any atom is 0.256 e. The smallest absolute Gasteiger partial charge is 0.256 e. The maximum atomic E-state index is 13.7. The highest BCUT2D eigenvalue weighted by molar-refractivity contribution is 5.94. The second-order valence-corrected chi connectivity index (χ2v) is 4.28. The van der Waals surface area contributed by atoms with Gasteiger partial charge in [-0.15, -0.1) is 0 Å². The van der Waals surface area contributed by atoms with E-state index in [1.54, 1.807) is 17.0 Å². The highest BCUT2D eigenvalue weighted by Gasteiger charge is 2.17. The van der Waals surface area contributed by atoms with Crippen LogP contribution >= 0.6 is 0 Å². The van der Waals surface area contributed by atoms with Gasteiger partial charge in [-0.1, -0.05) is 19.9 Å². The summed E-state index contributed by atoms with van der Waals surface area (Å²) in [5.41, 5.74) is 1.01. The molecule has 0 aliphatic carbocycles. The van der Waals surface area contributed by atoms with Crippen molar-refractivity contribution < 1.29 is 9.18 Å². The van der Waals surface area contributed by atoms with Crippen LogP contribution in [0.15, 0.2) is 18.2 Å². The van der Waals surface area contributed by atoms with Gasteiger partial charge in [-0.2, -0.15) is 0 Å². The molecule has 0 unspecified atom stereocenters. The Hall–Kier alpha value is -1.38. The lowest BCUT2D eigenvalue weighted by atomic mass is 10.1. The molecule has 1 aromatic carbocycles. The monoisotopic (exact) mass is 237 g/mol. The van der Waals surface area contributed by atoms with Crippen LogP contribution in [-0.2, 0) is 0 Å². The number of benzene rings is 1. The van der Waals surface area contributed by atoms with Crippen LogP contribution in [-0.4, -0.2) is 23.9 Å². The molecule has 94 valence electrons. The molecule has 0 bridgehead atoms. The molecule has 1 amide bonds. The number of hydrogen-bond donors (Lipinski definition) is 0. The molecular weight excluding hydrogens is 217 g/mol. The SMILES string of the molecule is CCCN(CCC)C(=O)c1ccc(C)cc1F. The Morgan fingerprint density at radius 3 is 2.29 bits per heavy atom. The Morgan fingerprint density at radius 1 is 1.24 bits per heavy atom. The maximum absolute atomic E-state index is 13.7. The Bertz CT molecular complexity index is 384. The van der Waals surface area contributed by atoms with E-state index in [4.69, 9.17) is 0 Å². The average Bonchev–Trinajstić information content (AvgIpc) is 2.28. The third-order valence-corrected chi connectivity index (χ3v) is 2.63. The summed E-state index contributed by atoms with van der Waals surface area (Å²) in [5, 5.41) is 0. The predicted octanol–water partition coefficient (Wildman–Crippen LogP) is 3.40. The number of hydrogen-bond acceptors (Lipinski definition) is 1. The molecule has 0 aliphatic heterocycles. The third-order valence-electron chi connectivity index (χ3n) is 2.63. The Kier molecular flexibility index (Phi) is 5.13. The zero-order chi connectivity index (χ0) is 12.8. The first-order chi connectivity index (χ1) is 8.10. The number of halogens is 1. The van der Waals surface area contributed by atoms with Crippen molar-refractivity contribution in [2.24, 2.45) is 0 Å². The summed E-state index contributed by atoms with van der Waals surface area (Å²) in [6.07, 6.45) is 1.78. The molecule has 3 heteroatoms. The summed E-state index contributed by atoms with van der Waals surface area (Å²) in [7, 11) is 0. The molecule has 1 rings (SSSR count). The van der Waals surface area contributed by atoms with Gasteiger partial charge in [0.2, 0.25) is 0 Å². The van der Waals surface area contributed by atoms with E-state index in [0.717, 1.165) is 18.4 Å². The molecule has 0 aromatic heterocycles. The lowest BCUT2D eigenvalue weighted by molar-refractivity contribution is 0.0751. The fraction of sp³-hybridized carbons (Fsp3) is 0.500. The quantitative estimate of drug-likeness (QED) is 0.768. The third kappa shape index (κ3) is 3.55. The van der Waals surface area contributed by atoms with E-state index in [1.165, 1.54) is 6.07 Å². The Labute approximate surface area is 102 Å². The van der Waals surface area contributed by atoms with Gasteiger partial charge in [0, 0.05) is 13.1 Å². The van der Waals surface area contributed by atoms with Crippen LogP contribution in [0.3, 0.4) is 0 Å². The first-order valence-electron chi connectivity index (χ1n) is 6.15. The number of carbonyl (C=O) groups excluding carboxylic acids is 1. The number of rotatable bonds is 5. The first kappa shape index (κ1) is 13.7. The number of carbonyl (C=O) groups is 1. The molecule has 17 heavy (non-hydrogen) atoms. The van der Waals surface area contributed by atoms with Gasteiger partial charge in [0.25, 0.3) is 5.91 Å². The predicted molar refractivity (Wildman–Crippen MR) is 67.6 cm³/mol. The minimum absolute atomic E-state index is 0.178. The standard InChI is InChI=1S/C14H20FNO/c1-4-8-16(9-5-2)14(17)12-7-6-11(3)10-13(12)15/h6-7,10H,4-5,8-9H2,1-3H3. The summed E-state index contributed by atoms with van der Waals surface area (Å²) < 4.78 is 13.7. The van der Waals surface area contributed by atoms with E-state index >= 15 is 0 Å². The van der Waals surface area contributed by atoms with E-state index < -0.39 is 5.82 Å². The second kappa shape index (κ2) is 6.38. The van der Waals surface area contributed by atoms with Crippen LogP contribution in [0, 0.1) is 12.7 Å². The molecule has 0 saturated heterocycles. The Morgan fingerprint density at radius 2 is 1.82 bits per heavy atom. The minimum atomic E-state index is -0.424. The van der Waals surface area contributed by atoms with E-state index in [2.05, 4.69) is 0 Å². The van der Waals surface area contributed by atoms with Crippen LogP contribution in [0.4, 0.5) is 4.39 Å². The molecule has 0 heterocycles. The van der Waals surface area contributed by atoms with Crippen LogP contribution in [0.2, 0.25) is 0 Å². The minimum Gasteiger partial charge on any atom is -0.339 e. The fourth-order valence-corrected chi connectivity index (χ4v) is 1.82. The van der Waals surface area contributed by atoms with E-state index in [1.807, 2.05) is 20.8 Å². The average molecular weight is 237 g/mol. The van der Waals surface area contributed by atoms with Gasteiger partial charge < -0.3 is 4.90 Å². The topological polar surface area (TPSA) is 20.3 Å². The highest BCUT2D eigenvalue weighted by atomic mass is 19.1. The number of aryl methyl sites for hydroxylation is 1. The highest BCUT2D eigenvalue weighted by Crippen LogP contribution is 2.13. The van der Waals surface area contributed by atoms with Gasteiger partial charge in [0.05, 0.1) is 5.56 Å². The van der Waals surface area contributed by atoms with Gasteiger partial charge in [0.15, 0.2) is 0 Å². The molecule has 0 N–H and O–H groups in total. The summed E-state index contributed by atoms with van der Waals surface area (Å²) in [4.78, 5) is 13.9. The lowest BCUT2D eigenvalue weighted by Gasteiger charge is -2.21. The number of amides is 1. The van der Waals surface area contributed by atoms with E-state index in [0.29, 0.717) is 13.1 Å². The zero-order valence-electron chi connectivity index (χ0n) is 10.8. The summed E-state index contributed by atoms with van der Waals surface area (Å²) in [5.74, 6) is -0.626. The van der Waals surface area contributed by atoms with Gasteiger partial charge in [-0.05, 0) is 37.5 Å². The molecule has 0 spiro atoms. The normalized spacial score (nSPS) is 10.4. The van der Waals surface area contributed by atoms with Crippen molar-refractivity contribution in [2.75, 3.05) is 13.1 Å². The zero-order valence-corrected chi connectivity index (χ0v) is 10.8. The Balaban J connectivity index is 2.92. The summed E-state index contributed by atoms with van der Waals surface area (Å²) in [6, 6.07) is 4.75. The van der Waals surface area contributed by atoms with Crippen molar-refractivity contribution in [1.29, 1.82) is 0 Å². The summed E-state index contributed by atoms with van der Waals surface area (Å²) >= 11 is 0. The molecule has 0 fully saturated rings. The second-order valence-electron chi connectivity index (χ2n) is 4.28. The van der Waals surface area contributed by atoms with Crippen molar-refractivity contribution in [3.05, 3.63) is 35.1 Å². The number of nitrogens with zero attached hydrogens (tertiary/aromatic N) is 1. The van der Waals surface area contributed by atoms with Crippen LogP contribution < -0.4 is 0 Å².